The summed E-state index contributed by atoms with van der Waals surface area (Å²) in [7, 11) is 1.61. The van der Waals surface area contributed by atoms with Gasteiger partial charge in [-0.1, -0.05) is 0 Å². The van der Waals surface area contributed by atoms with Gasteiger partial charge in [-0.3, -0.25) is 9.78 Å². The van der Waals surface area contributed by atoms with Crippen LogP contribution in [0.3, 0.4) is 0 Å². The zero-order valence-electron chi connectivity index (χ0n) is 15.8. The van der Waals surface area contributed by atoms with Gasteiger partial charge in [0, 0.05) is 30.7 Å². The van der Waals surface area contributed by atoms with Crippen LogP contribution in [0.5, 0.6) is 5.75 Å². The number of pyridine rings is 1. The molecule has 27 heavy (non-hydrogen) atoms. The fourth-order valence-electron chi connectivity index (χ4n) is 3.54. The predicted molar refractivity (Wildman–Crippen MR) is 103 cm³/mol. The lowest BCUT2D eigenvalue weighted by Crippen LogP contribution is -2.51. The quantitative estimate of drug-likeness (QED) is 0.632. The lowest BCUT2D eigenvalue weighted by atomic mass is 9.93. The number of benzene rings is 1. The zero-order valence-corrected chi connectivity index (χ0v) is 15.8. The molecule has 0 unspecified atom stereocenters. The van der Waals surface area contributed by atoms with Gasteiger partial charge in [0.2, 0.25) is 0 Å². The number of hydrogen-bond donors (Lipinski definition) is 3. The molecule has 1 aliphatic heterocycles. The number of fused-ring (bicyclic) bond motifs is 1. The first kappa shape index (κ1) is 19.5. The SMILES string of the molecule is CCOC(=O)[C@H]1CNCC[C@@H]1NC[C@H](O)c1ccnc2ccc(OC)cc12. The van der Waals surface area contributed by atoms with E-state index in [4.69, 9.17) is 9.47 Å². The summed E-state index contributed by atoms with van der Waals surface area (Å²) in [5, 5.41) is 18.2. The number of nitrogens with one attached hydrogen (secondary N) is 2. The van der Waals surface area contributed by atoms with Gasteiger partial charge in [0.25, 0.3) is 0 Å². The summed E-state index contributed by atoms with van der Waals surface area (Å²) in [4.78, 5) is 16.5. The lowest BCUT2D eigenvalue weighted by molar-refractivity contribution is -0.149. The predicted octanol–water partition coefficient (Wildman–Crippen LogP) is 1.41. The molecule has 1 aromatic carbocycles. The number of rotatable bonds is 7. The Bertz CT molecular complexity index is 783. The molecule has 0 saturated carbocycles. The second-order valence-electron chi connectivity index (χ2n) is 6.67. The van der Waals surface area contributed by atoms with Crippen LogP contribution in [0.1, 0.15) is 25.0 Å². The number of aliphatic hydroxyl groups is 1. The summed E-state index contributed by atoms with van der Waals surface area (Å²) in [5.41, 5.74) is 1.59. The van der Waals surface area contributed by atoms with Crippen LogP contribution in [0, 0.1) is 5.92 Å². The number of nitrogens with zero attached hydrogens (tertiary/aromatic N) is 1. The summed E-state index contributed by atoms with van der Waals surface area (Å²) >= 11 is 0. The smallest absolute Gasteiger partial charge is 0.311 e. The number of aliphatic hydroxyl groups excluding tert-OH is 1. The number of carbonyl (C=O) groups excluding carboxylic acids is 1. The van der Waals surface area contributed by atoms with E-state index in [1.807, 2.05) is 31.2 Å². The molecule has 3 N–H and O–H groups in total. The van der Waals surface area contributed by atoms with Crippen LogP contribution in [0.2, 0.25) is 0 Å². The van der Waals surface area contributed by atoms with Crippen LogP contribution in [0.4, 0.5) is 0 Å². The number of hydrogen-bond acceptors (Lipinski definition) is 7. The minimum Gasteiger partial charge on any atom is -0.497 e. The Morgan fingerprint density at radius 3 is 3.07 bits per heavy atom. The molecular weight excluding hydrogens is 346 g/mol. The number of ether oxygens (including phenoxy) is 2. The second kappa shape index (κ2) is 9.12. The number of methoxy groups -OCH3 is 1. The van der Waals surface area contributed by atoms with E-state index >= 15 is 0 Å². The second-order valence-corrected chi connectivity index (χ2v) is 6.67. The highest BCUT2D eigenvalue weighted by atomic mass is 16.5. The third-order valence-corrected chi connectivity index (χ3v) is 4.99. The van der Waals surface area contributed by atoms with E-state index in [-0.39, 0.29) is 17.9 Å². The van der Waals surface area contributed by atoms with Crippen molar-refractivity contribution in [3.05, 3.63) is 36.0 Å². The molecule has 1 fully saturated rings. The van der Waals surface area contributed by atoms with E-state index < -0.39 is 6.10 Å². The monoisotopic (exact) mass is 373 g/mol. The number of esters is 1. The highest BCUT2D eigenvalue weighted by Crippen LogP contribution is 2.26. The molecule has 0 spiro atoms. The molecule has 7 heteroatoms. The van der Waals surface area contributed by atoms with E-state index in [0.29, 0.717) is 19.7 Å². The van der Waals surface area contributed by atoms with Crippen LogP contribution in [0.15, 0.2) is 30.5 Å². The maximum atomic E-state index is 12.2. The number of aromatic nitrogens is 1. The molecule has 0 radical (unpaired) electrons. The lowest BCUT2D eigenvalue weighted by Gasteiger charge is -2.32. The molecule has 146 valence electrons. The summed E-state index contributed by atoms with van der Waals surface area (Å²) < 4.78 is 10.5. The van der Waals surface area contributed by atoms with Gasteiger partial charge in [0.1, 0.15) is 5.75 Å². The van der Waals surface area contributed by atoms with E-state index in [9.17, 15) is 9.90 Å². The number of carbonyl (C=O) groups is 1. The van der Waals surface area contributed by atoms with Crippen molar-refractivity contribution in [3.8, 4) is 5.75 Å². The molecule has 3 atom stereocenters. The highest BCUT2D eigenvalue weighted by molar-refractivity contribution is 5.83. The van der Waals surface area contributed by atoms with Gasteiger partial charge in [-0.15, -0.1) is 0 Å². The first-order valence-electron chi connectivity index (χ1n) is 9.35. The molecule has 0 amide bonds. The van der Waals surface area contributed by atoms with Gasteiger partial charge in [-0.2, -0.15) is 0 Å². The molecule has 3 rings (SSSR count). The first-order valence-corrected chi connectivity index (χ1v) is 9.35. The van der Waals surface area contributed by atoms with E-state index in [1.54, 1.807) is 13.3 Å². The fourth-order valence-corrected chi connectivity index (χ4v) is 3.54. The summed E-state index contributed by atoms with van der Waals surface area (Å²) in [6.45, 7) is 3.94. The van der Waals surface area contributed by atoms with Crippen LogP contribution >= 0.6 is 0 Å². The van der Waals surface area contributed by atoms with Crippen molar-refractivity contribution in [3.63, 3.8) is 0 Å². The van der Waals surface area contributed by atoms with Gasteiger partial charge in [0.15, 0.2) is 0 Å². The van der Waals surface area contributed by atoms with Gasteiger partial charge >= 0.3 is 5.97 Å². The summed E-state index contributed by atoms with van der Waals surface area (Å²) in [5.74, 6) is 0.272. The normalized spacial score (nSPS) is 21.0. The Balaban J connectivity index is 1.72. The largest absolute Gasteiger partial charge is 0.497 e. The Morgan fingerprint density at radius 1 is 1.44 bits per heavy atom. The van der Waals surface area contributed by atoms with E-state index in [1.165, 1.54) is 0 Å². The minimum atomic E-state index is -0.722. The van der Waals surface area contributed by atoms with Gasteiger partial charge in [0.05, 0.1) is 31.3 Å². The molecule has 1 aliphatic rings. The maximum absolute atomic E-state index is 12.2. The first-order chi connectivity index (χ1) is 13.1. The van der Waals surface area contributed by atoms with E-state index in [0.717, 1.165) is 35.2 Å². The van der Waals surface area contributed by atoms with Crippen molar-refractivity contribution in [1.82, 2.24) is 15.6 Å². The average Bonchev–Trinajstić information content (AvgIpc) is 2.71. The highest BCUT2D eigenvalue weighted by Gasteiger charge is 2.32. The van der Waals surface area contributed by atoms with Crippen molar-refractivity contribution in [2.75, 3.05) is 33.4 Å². The third kappa shape index (κ3) is 4.55. The van der Waals surface area contributed by atoms with Crippen molar-refractivity contribution in [2.45, 2.75) is 25.5 Å². The van der Waals surface area contributed by atoms with Crippen LogP contribution < -0.4 is 15.4 Å². The standard InChI is InChI=1S/C20H27N3O4/c1-3-27-20(25)16-11-21-8-7-18(16)23-12-19(24)14-6-9-22-17-5-4-13(26-2)10-15(14)17/h4-6,9-10,16,18-19,21,23-24H,3,7-8,11-12H2,1-2H3/t16-,18-,19-/m0/s1. The van der Waals surface area contributed by atoms with Crippen molar-refractivity contribution in [1.29, 1.82) is 0 Å². The molecule has 0 aliphatic carbocycles. The average molecular weight is 373 g/mol. The van der Waals surface area contributed by atoms with Gasteiger partial charge < -0.3 is 25.2 Å². The van der Waals surface area contributed by atoms with Crippen molar-refractivity contribution < 1.29 is 19.4 Å². The Hall–Kier alpha value is -2.22. The topological polar surface area (TPSA) is 92.7 Å². The molecule has 7 nitrogen and oxygen atoms in total. The molecule has 1 saturated heterocycles. The van der Waals surface area contributed by atoms with Crippen LogP contribution in [-0.2, 0) is 9.53 Å². The Kier molecular flexibility index (Phi) is 6.60. The molecule has 2 heterocycles. The van der Waals surface area contributed by atoms with Crippen molar-refractivity contribution in [2.24, 2.45) is 5.92 Å². The summed E-state index contributed by atoms with van der Waals surface area (Å²) in [6.07, 6.45) is 1.78. The maximum Gasteiger partial charge on any atom is 0.311 e. The zero-order chi connectivity index (χ0) is 19.2. The molecule has 0 bridgehead atoms. The van der Waals surface area contributed by atoms with Crippen molar-refractivity contribution >= 4 is 16.9 Å². The molecule has 2 aromatic rings. The fraction of sp³-hybridized carbons (Fsp3) is 0.500. The van der Waals surface area contributed by atoms with Gasteiger partial charge in [-0.25, -0.2) is 0 Å². The van der Waals surface area contributed by atoms with Gasteiger partial charge in [-0.05, 0) is 49.7 Å². The Labute approximate surface area is 159 Å². The number of piperidine rings is 1. The third-order valence-electron chi connectivity index (χ3n) is 4.99. The minimum absolute atomic E-state index is 0.0254. The van der Waals surface area contributed by atoms with E-state index in [2.05, 4.69) is 15.6 Å². The van der Waals surface area contributed by atoms with Crippen LogP contribution in [0.25, 0.3) is 10.9 Å². The Morgan fingerprint density at radius 2 is 2.30 bits per heavy atom. The molecule has 1 aromatic heterocycles. The molecular formula is C20H27N3O4. The summed E-state index contributed by atoms with van der Waals surface area (Å²) in [6, 6.07) is 7.40. The van der Waals surface area contributed by atoms with Crippen LogP contribution in [-0.4, -0.2) is 55.5 Å².